The van der Waals surface area contributed by atoms with Crippen LogP contribution in [0.5, 0.6) is 0 Å². The highest BCUT2D eigenvalue weighted by Gasteiger charge is 2.37. The summed E-state index contributed by atoms with van der Waals surface area (Å²) < 4.78 is 16.3. The molecule has 2 atom stereocenters. The molecule has 0 radical (unpaired) electrons. The second-order valence-corrected chi connectivity index (χ2v) is 3.99. The summed E-state index contributed by atoms with van der Waals surface area (Å²) in [5.74, 6) is 0.705. The van der Waals surface area contributed by atoms with Crippen LogP contribution in [0, 0.1) is 5.92 Å². The van der Waals surface area contributed by atoms with Gasteiger partial charge in [0.2, 0.25) is 0 Å². The first-order chi connectivity index (χ1) is 6.76. The molecule has 0 bridgehead atoms. The fourth-order valence-corrected chi connectivity index (χ4v) is 2.36. The van der Waals surface area contributed by atoms with E-state index in [0.717, 1.165) is 12.8 Å². The van der Waals surface area contributed by atoms with Crippen molar-refractivity contribution in [3.8, 4) is 0 Å². The highest BCUT2D eigenvalue weighted by molar-refractivity contribution is 4.88. The molecule has 1 rings (SSSR count). The Kier molecular flexibility index (Phi) is 4.85. The first-order valence-electron chi connectivity index (χ1n) is 5.35. The van der Waals surface area contributed by atoms with Crippen molar-refractivity contribution in [1.29, 1.82) is 0 Å². The van der Waals surface area contributed by atoms with Crippen LogP contribution >= 0.6 is 0 Å². The van der Waals surface area contributed by atoms with Gasteiger partial charge in [-0.1, -0.05) is 13.3 Å². The molecule has 0 heterocycles. The highest BCUT2D eigenvalue weighted by atomic mass is 16.6. The van der Waals surface area contributed by atoms with E-state index in [2.05, 4.69) is 6.92 Å². The van der Waals surface area contributed by atoms with Crippen LogP contribution in [0.1, 0.15) is 26.2 Å². The predicted octanol–water partition coefficient (Wildman–Crippen LogP) is 1.85. The Morgan fingerprint density at radius 3 is 1.71 bits per heavy atom. The molecular weight excluding hydrogens is 180 g/mol. The van der Waals surface area contributed by atoms with Crippen LogP contribution in [0.4, 0.5) is 0 Å². The summed E-state index contributed by atoms with van der Waals surface area (Å²) in [5, 5.41) is 0. The van der Waals surface area contributed by atoms with E-state index in [9.17, 15) is 0 Å². The second kappa shape index (κ2) is 5.69. The monoisotopic (exact) mass is 202 g/mol. The Labute approximate surface area is 86.7 Å². The number of hydrogen-bond donors (Lipinski definition) is 0. The molecular formula is C11H22O3. The summed E-state index contributed by atoms with van der Waals surface area (Å²) in [6.07, 6.45) is 3.83. The molecule has 0 saturated heterocycles. The Bertz CT molecular complexity index is 147. The summed E-state index contributed by atoms with van der Waals surface area (Å²) >= 11 is 0. The maximum Gasteiger partial charge on any atom is 0.109 e. The van der Waals surface area contributed by atoms with Gasteiger partial charge in [0.15, 0.2) is 0 Å². The van der Waals surface area contributed by atoms with Crippen molar-refractivity contribution in [2.75, 3.05) is 21.3 Å². The normalized spacial score (nSPS) is 38.6. The fourth-order valence-electron chi connectivity index (χ4n) is 2.36. The topological polar surface area (TPSA) is 27.7 Å². The quantitative estimate of drug-likeness (QED) is 0.696. The van der Waals surface area contributed by atoms with Crippen LogP contribution < -0.4 is 0 Å². The van der Waals surface area contributed by atoms with Crippen molar-refractivity contribution >= 4 is 0 Å². The lowest BCUT2D eigenvalue weighted by atomic mass is 9.81. The van der Waals surface area contributed by atoms with Crippen LogP contribution in [0.2, 0.25) is 0 Å². The van der Waals surface area contributed by atoms with E-state index in [-0.39, 0.29) is 18.3 Å². The minimum atomic E-state index is 0.0906. The van der Waals surface area contributed by atoms with E-state index < -0.39 is 0 Å². The third kappa shape index (κ3) is 2.47. The van der Waals surface area contributed by atoms with Gasteiger partial charge in [-0.15, -0.1) is 0 Å². The fraction of sp³-hybridized carbons (Fsp3) is 1.00. The van der Waals surface area contributed by atoms with E-state index in [1.807, 2.05) is 0 Å². The first-order valence-corrected chi connectivity index (χ1v) is 5.35. The van der Waals surface area contributed by atoms with E-state index in [1.54, 1.807) is 21.3 Å². The summed E-state index contributed by atoms with van der Waals surface area (Å²) in [5.41, 5.74) is 0. The van der Waals surface area contributed by atoms with Gasteiger partial charge in [-0.3, -0.25) is 0 Å². The maximum absolute atomic E-state index is 5.45. The third-order valence-corrected chi connectivity index (χ3v) is 3.32. The zero-order chi connectivity index (χ0) is 10.6. The Morgan fingerprint density at radius 1 is 0.929 bits per heavy atom. The molecule has 3 nitrogen and oxygen atoms in total. The van der Waals surface area contributed by atoms with Gasteiger partial charge < -0.3 is 14.2 Å². The molecule has 2 unspecified atom stereocenters. The number of rotatable bonds is 4. The molecule has 3 heteroatoms. The summed E-state index contributed by atoms with van der Waals surface area (Å²) in [6, 6.07) is 0. The minimum absolute atomic E-state index is 0.0906. The zero-order valence-electron chi connectivity index (χ0n) is 9.66. The molecule has 1 aliphatic carbocycles. The smallest absolute Gasteiger partial charge is 0.109 e. The zero-order valence-corrected chi connectivity index (χ0v) is 9.66. The van der Waals surface area contributed by atoms with Crippen molar-refractivity contribution in [1.82, 2.24) is 0 Å². The predicted molar refractivity (Wildman–Crippen MR) is 55.4 cm³/mol. The van der Waals surface area contributed by atoms with Gasteiger partial charge in [0.1, 0.15) is 6.10 Å². The van der Waals surface area contributed by atoms with Gasteiger partial charge in [0.25, 0.3) is 0 Å². The van der Waals surface area contributed by atoms with Gasteiger partial charge in [0, 0.05) is 21.3 Å². The average Bonchev–Trinajstić information content (AvgIpc) is 2.26. The van der Waals surface area contributed by atoms with Crippen molar-refractivity contribution in [3.63, 3.8) is 0 Å². The second-order valence-electron chi connectivity index (χ2n) is 3.99. The minimum Gasteiger partial charge on any atom is -0.379 e. The largest absolute Gasteiger partial charge is 0.379 e. The highest BCUT2D eigenvalue weighted by Crippen LogP contribution is 2.31. The molecule has 0 N–H and O–H groups in total. The van der Waals surface area contributed by atoms with Gasteiger partial charge in [-0.05, 0) is 18.8 Å². The van der Waals surface area contributed by atoms with Crippen LogP contribution in [0.3, 0.4) is 0 Å². The van der Waals surface area contributed by atoms with Crippen LogP contribution in [-0.2, 0) is 14.2 Å². The van der Waals surface area contributed by atoms with Crippen LogP contribution in [0.25, 0.3) is 0 Å². The van der Waals surface area contributed by atoms with E-state index >= 15 is 0 Å². The lowest BCUT2D eigenvalue weighted by Crippen LogP contribution is -2.47. The van der Waals surface area contributed by atoms with Gasteiger partial charge >= 0.3 is 0 Å². The third-order valence-electron chi connectivity index (χ3n) is 3.32. The van der Waals surface area contributed by atoms with E-state index in [0.29, 0.717) is 5.92 Å². The first kappa shape index (κ1) is 12.0. The standard InChI is InChI=1S/C11H22O3/c1-5-8-6-9(12-2)11(14-4)10(7-8)13-3/h8-11H,5-7H2,1-4H3. The lowest BCUT2D eigenvalue weighted by Gasteiger charge is -2.39. The molecule has 1 aliphatic rings. The molecule has 0 aliphatic heterocycles. The molecule has 1 saturated carbocycles. The SMILES string of the molecule is CCC1CC(OC)C(OC)C(OC)C1. The van der Waals surface area contributed by atoms with E-state index in [1.165, 1.54) is 6.42 Å². The molecule has 14 heavy (non-hydrogen) atoms. The van der Waals surface area contributed by atoms with Gasteiger partial charge in [-0.2, -0.15) is 0 Å². The molecule has 0 spiro atoms. The van der Waals surface area contributed by atoms with Crippen molar-refractivity contribution in [2.24, 2.45) is 5.92 Å². The Morgan fingerprint density at radius 2 is 1.43 bits per heavy atom. The number of hydrogen-bond acceptors (Lipinski definition) is 3. The number of methoxy groups -OCH3 is 3. The van der Waals surface area contributed by atoms with Gasteiger partial charge in [-0.25, -0.2) is 0 Å². The Hall–Kier alpha value is -0.120. The molecule has 0 aromatic rings. The van der Waals surface area contributed by atoms with Gasteiger partial charge in [0.05, 0.1) is 12.2 Å². The average molecular weight is 202 g/mol. The number of ether oxygens (including phenoxy) is 3. The summed E-state index contributed by atoms with van der Waals surface area (Å²) in [7, 11) is 5.23. The lowest BCUT2D eigenvalue weighted by molar-refractivity contribution is -0.140. The van der Waals surface area contributed by atoms with Crippen molar-refractivity contribution in [2.45, 2.75) is 44.5 Å². The van der Waals surface area contributed by atoms with E-state index in [4.69, 9.17) is 14.2 Å². The molecule has 0 amide bonds. The van der Waals surface area contributed by atoms with Crippen molar-refractivity contribution < 1.29 is 14.2 Å². The molecule has 0 aromatic heterocycles. The summed E-state index contributed by atoms with van der Waals surface area (Å²) in [6.45, 7) is 2.22. The van der Waals surface area contributed by atoms with Crippen LogP contribution in [-0.4, -0.2) is 39.6 Å². The maximum atomic E-state index is 5.45. The molecule has 0 aromatic carbocycles. The van der Waals surface area contributed by atoms with Crippen molar-refractivity contribution in [3.05, 3.63) is 0 Å². The Balaban J connectivity index is 2.63. The summed E-state index contributed by atoms with van der Waals surface area (Å²) in [4.78, 5) is 0. The molecule has 84 valence electrons. The molecule has 1 fully saturated rings. The van der Waals surface area contributed by atoms with Crippen LogP contribution in [0.15, 0.2) is 0 Å².